The summed E-state index contributed by atoms with van der Waals surface area (Å²) in [5.74, 6) is -4.11. The lowest BCUT2D eigenvalue weighted by molar-refractivity contribution is -0.384. The fourth-order valence-corrected chi connectivity index (χ4v) is 5.95. The first-order valence-corrected chi connectivity index (χ1v) is 13.7. The van der Waals surface area contributed by atoms with Gasteiger partial charge in [0, 0.05) is 31.1 Å². The molecule has 3 aromatic rings. The van der Waals surface area contributed by atoms with Gasteiger partial charge in [-0.15, -0.1) is 0 Å². The van der Waals surface area contributed by atoms with E-state index in [0.717, 1.165) is 17.5 Å². The highest BCUT2D eigenvalue weighted by Gasteiger charge is 2.68. The van der Waals surface area contributed by atoms with Gasteiger partial charge in [-0.1, -0.05) is 92.2 Å². The minimum Gasteiger partial charge on any atom is -0.480 e. The van der Waals surface area contributed by atoms with Gasteiger partial charge >= 0.3 is 5.97 Å². The molecule has 3 aromatic carbocycles. The number of aliphatic carboxylic acids is 1. The highest BCUT2D eigenvalue weighted by Crippen LogP contribution is 2.50. The summed E-state index contributed by atoms with van der Waals surface area (Å²) >= 11 is 0. The van der Waals surface area contributed by atoms with Crippen molar-refractivity contribution in [2.45, 2.75) is 37.8 Å². The van der Waals surface area contributed by atoms with E-state index in [2.05, 4.69) is 5.32 Å². The van der Waals surface area contributed by atoms with E-state index < -0.39 is 40.2 Å². The van der Waals surface area contributed by atoms with E-state index in [9.17, 15) is 29.6 Å². The van der Waals surface area contributed by atoms with Crippen LogP contribution in [-0.2, 0) is 20.8 Å². The summed E-state index contributed by atoms with van der Waals surface area (Å²) in [5, 5.41) is 24.9. The molecule has 0 aliphatic carbocycles. The van der Waals surface area contributed by atoms with E-state index in [1.807, 2.05) is 73.7 Å². The van der Waals surface area contributed by atoms with Gasteiger partial charge in [-0.2, -0.15) is 0 Å². The van der Waals surface area contributed by atoms with Gasteiger partial charge in [0.15, 0.2) is 0 Å². The summed E-state index contributed by atoms with van der Waals surface area (Å²) in [4.78, 5) is 52.2. The summed E-state index contributed by atoms with van der Waals surface area (Å²) < 4.78 is 0. The highest BCUT2D eigenvalue weighted by molar-refractivity contribution is 6.09. The molecule has 0 aromatic heterocycles. The highest BCUT2D eigenvalue weighted by atomic mass is 16.6. The van der Waals surface area contributed by atoms with Gasteiger partial charge in [-0.05, 0) is 28.7 Å². The molecular formula is C32H31N3O6. The number of benzene rings is 3. The normalized spacial score (nSPS) is 23.7. The van der Waals surface area contributed by atoms with Crippen molar-refractivity contribution in [2.24, 2.45) is 11.8 Å². The molecule has 0 bridgehead atoms. The minimum absolute atomic E-state index is 0.115. The van der Waals surface area contributed by atoms with Crippen LogP contribution >= 0.6 is 0 Å². The summed E-state index contributed by atoms with van der Waals surface area (Å²) in [6.45, 7) is 2.20. The Balaban J connectivity index is 1.50. The average Bonchev–Trinajstić information content (AvgIpc) is 3.45. The number of likely N-dealkylation sites (tertiary alicyclic amines) is 1. The van der Waals surface area contributed by atoms with Gasteiger partial charge in [0.05, 0.1) is 16.8 Å². The number of carboxylic acid groups (broad SMARTS) is 1. The molecule has 2 heterocycles. The van der Waals surface area contributed by atoms with E-state index >= 15 is 0 Å². The number of unbranched alkanes of at least 4 members (excludes halogenated alkanes) is 1. The maximum atomic E-state index is 13.7. The van der Waals surface area contributed by atoms with Crippen molar-refractivity contribution in [1.29, 1.82) is 0 Å². The quantitative estimate of drug-likeness (QED) is 0.158. The Hall–Kier alpha value is -4.63. The predicted molar refractivity (Wildman–Crippen MR) is 153 cm³/mol. The lowest BCUT2D eigenvalue weighted by Crippen LogP contribution is -2.57. The number of nitrogens with zero attached hydrogens (tertiary/aromatic N) is 2. The molecule has 0 radical (unpaired) electrons. The zero-order valence-electron chi connectivity index (χ0n) is 22.6. The lowest BCUT2D eigenvalue weighted by atomic mass is 9.76. The molecule has 2 aliphatic heterocycles. The summed E-state index contributed by atoms with van der Waals surface area (Å²) in [6, 6.07) is 22.3. The molecule has 2 aliphatic rings. The van der Waals surface area contributed by atoms with E-state index in [0.29, 0.717) is 17.5 Å². The average molecular weight is 554 g/mol. The summed E-state index contributed by atoms with van der Waals surface area (Å²) in [7, 11) is 0. The Bertz CT molecular complexity index is 1490. The third-order valence-corrected chi connectivity index (χ3v) is 8.06. The van der Waals surface area contributed by atoms with E-state index in [1.54, 1.807) is 0 Å². The van der Waals surface area contributed by atoms with Crippen LogP contribution in [0.1, 0.15) is 48.1 Å². The number of carboxylic acids is 1. The molecule has 41 heavy (non-hydrogen) atoms. The van der Waals surface area contributed by atoms with Crippen LogP contribution in [0.25, 0.3) is 12.2 Å². The molecule has 2 saturated heterocycles. The Morgan fingerprint density at radius 3 is 2.20 bits per heavy atom. The maximum Gasteiger partial charge on any atom is 0.325 e. The smallest absolute Gasteiger partial charge is 0.325 e. The van der Waals surface area contributed by atoms with Crippen molar-refractivity contribution in [3.8, 4) is 0 Å². The molecule has 4 atom stereocenters. The maximum absolute atomic E-state index is 13.7. The van der Waals surface area contributed by atoms with Gasteiger partial charge in [0.2, 0.25) is 11.8 Å². The van der Waals surface area contributed by atoms with Gasteiger partial charge in [0.1, 0.15) is 5.54 Å². The number of imide groups is 1. The van der Waals surface area contributed by atoms with Crippen LogP contribution in [0.3, 0.4) is 0 Å². The predicted octanol–water partition coefficient (Wildman–Crippen LogP) is 4.88. The molecule has 2 N–H and O–H groups in total. The molecular weight excluding hydrogens is 522 g/mol. The minimum atomic E-state index is -1.77. The topological polar surface area (TPSA) is 130 Å². The first kappa shape index (κ1) is 27.9. The fourth-order valence-electron chi connectivity index (χ4n) is 5.95. The van der Waals surface area contributed by atoms with Crippen LogP contribution in [0.2, 0.25) is 0 Å². The second kappa shape index (κ2) is 11.5. The molecule has 9 heteroatoms. The Kier molecular flexibility index (Phi) is 7.81. The largest absolute Gasteiger partial charge is 0.480 e. The second-order valence-electron chi connectivity index (χ2n) is 10.6. The Labute approximate surface area is 237 Å². The van der Waals surface area contributed by atoms with E-state index in [-0.39, 0.29) is 24.6 Å². The van der Waals surface area contributed by atoms with Crippen molar-refractivity contribution in [1.82, 2.24) is 10.2 Å². The number of rotatable bonds is 10. The number of nitrogens with one attached hydrogen (secondary N) is 1. The van der Waals surface area contributed by atoms with Crippen molar-refractivity contribution >= 4 is 35.6 Å². The van der Waals surface area contributed by atoms with Crippen molar-refractivity contribution in [3.05, 3.63) is 111 Å². The lowest BCUT2D eigenvalue weighted by Gasteiger charge is -2.31. The number of carbonyl (C=O) groups is 3. The van der Waals surface area contributed by atoms with Gasteiger partial charge < -0.3 is 5.11 Å². The van der Waals surface area contributed by atoms with Crippen LogP contribution in [0, 0.1) is 22.0 Å². The Morgan fingerprint density at radius 1 is 0.976 bits per heavy atom. The molecule has 9 nitrogen and oxygen atoms in total. The van der Waals surface area contributed by atoms with Crippen LogP contribution in [-0.4, -0.2) is 44.8 Å². The van der Waals surface area contributed by atoms with Gasteiger partial charge in [-0.25, -0.2) is 0 Å². The number of carbonyl (C=O) groups excluding carboxylic acids is 2. The zero-order chi connectivity index (χ0) is 29.1. The number of hydrogen-bond acceptors (Lipinski definition) is 6. The molecule has 5 rings (SSSR count). The number of nitro benzene ring substituents is 1. The van der Waals surface area contributed by atoms with Crippen molar-refractivity contribution < 1.29 is 24.4 Å². The number of hydrogen-bond donors (Lipinski definition) is 2. The monoisotopic (exact) mass is 553 g/mol. The number of amides is 2. The van der Waals surface area contributed by atoms with Crippen LogP contribution in [0.15, 0.2) is 78.9 Å². The first-order valence-electron chi connectivity index (χ1n) is 13.7. The molecule has 0 saturated carbocycles. The molecule has 0 spiro atoms. The summed E-state index contributed by atoms with van der Waals surface area (Å²) in [6.07, 6.45) is 5.25. The van der Waals surface area contributed by atoms with Gasteiger partial charge in [-0.3, -0.25) is 34.7 Å². The van der Waals surface area contributed by atoms with Crippen LogP contribution in [0.5, 0.6) is 0 Å². The molecule has 2 fully saturated rings. The third-order valence-electron chi connectivity index (χ3n) is 8.06. The first-order chi connectivity index (χ1) is 19.7. The SMILES string of the molecule is CCCCN1C(=O)C2C(c3ccc(/C=C/c4ccccc4)cc3)NC(Cc3ccc([N+](=O)[O-])cc3)(C(=O)O)C2C1=O. The van der Waals surface area contributed by atoms with Gasteiger partial charge in [0.25, 0.3) is 5.69 Å². The van der Waals surface area contributed by atoms with Crippen molar-refractivity contribution in [2.75, 3.05) is 6.54 Å². The zero-order valence-corrected chi connectivity index (χ0v) is 22.6. The second-order valence-corrected chi connectivity index (χ2v) is 10.6. The molecule has 4 unspecified atom stereocenters. The standard InChI is InChI=1S/C32H31N3O6/c1-2-3-19-34-29(36)26-27(30(34)37)32(31(38)39,20-23-13-17-25(18-14-23)35(40)41)33-28(26)24-15-11-22(12-16-24)10-9-21-7-5-4-6-8-21/h4-18,26-28,33H,2-3,19-20H2,1H3,(H,38,39)/b10-9+. The van der Waals surface area contributed by atoms with E-state index in [1.165, 1.54) is 29.2 Å². The fraction of sp³-hybridized carbons (Fsp3) is 0.281. The van der Waals surface area contributed by atoms with Crippen LogP contribution in [0.4, 0.5) is 5.69 Å². The number of non-ortho nitro benzene ring substituents is 1. The van der Waals surface area contributed by atoms with Crippen molar-refractivity contribution in [3.63, 3.8) is 0 Å². The molecule has 2 amide bonds. The Morgan fingerprint density at radius 2 is 1.61 bits per heavy atom. The number of fused-ring (bicyclic) bond motifs is 1. The number of nitro groups is 1. The van der Waals surface area contributed by atoms with Crippen LogP contribution < -0.4 is 5.32 Å². The molecule has 210 valence electrons. The van der Waals surface area contributed by atoms with E-state index in [4.69, 9.17) is 0 Å². The third kappa shape index (κ3) is 5.28. The summed E-state index contributed by atoms with van der Waals surface area (Å²) in [5.41, 5.74) is 1.32.